The van der Waals surface area contributed by atoms with Crippen molar-refractivity contribution in [1.29, 1.82) is 0 Å². The molecule has 4 nitrogen and oxygen atoms in total. The molecule has 1 aliphatic heterocycles. The highest BCUT2D eigenvalue weighted by molar-refractivity contribution is 5.89. The average Bonchev–Trinajstić information content (AvgIpc) is 2.54. The number of carbonyl (C=O) groups excluding carboxylic acids is 1. The summed E-state index contributed by atoms with van der Waals surface area (Å²) in [7, 11) is 0. The van der Waals surface area contributed by atoms with Gasteiger partial charge in [0, 0.05) is 12.6 Å². The molecule has 0 aromatic heterocycles. The van der Waals surface area contributed by atoms with Crippen molar-refractivity contribution >= 4 is 5.97 Å². The highest BCUT2D eigenvalue weighted by Crippen LogP contribution is 2.16. The van der Waals surface area contributed by atoms with Crippen molar-refractivity contribution in [2.45, 2.75) is 45.6 Å². The predicted octanol–water partition coefficient (Wildman–Crippen LogP) is 3.51. The number of benzene rings is 1. The topological polar surface area (TPSA) is 38.8 Å². The number of ether oxygens (including phenoxy) is 2. The molecule has 0 amide bonds. The van der Waals surface area contributed by atoms with E-state index in [0.29, 0.717) is 24.8 Å². The van der Waals surface area contributed by atoms with Crippen LogP contribution in [0.15, 0.2) is 24.3 Å². The second-order valence-electron chi connectivity index (χ2n) is 5.83. The highest BCUT2D eigenvalue weighted by atomic mass is 16.5. The molecule has 1 unspecified atom stereocenters. The molecule has 0 bridgehead atoms. The molecule has 2 rings (SSSR count). The second kappa shape index (κ2) is 8.79. The number of hydrogen-bond donors (Lipinski definition) is 0. The van der Waals surface area contributed by atoms with Gasteiger partial charge in [0.05, 0.1) is 18.8 Å². The van der Waals surface area contributed by atoms with E-state index in [-0.39, 0.29) is 5.97 Å². The first-order chi connectivity index (χ1) is 10.7. The Morgan fingerprint density at radius 2 is 2.05 bits per heavy atom. The molecular weight excluding hydrogens is 278 g/mol. The van der Waals surface area contributed by atoms with E-state index < -0.39 is 0 Å². The van der Waals surface area contributed by atoms with Gasteiger partial charge in [-0.3, -0.25) is 0 Å². The minimum atomic E-state index is -0.255. The van der Waals surface area contributed by atoms with Gasteiger partial charge in [0.2, 0.25) is 0 Å². The normalized spacial score (nSPS) is 18.9. The lowest BCUT2D eigenvalue weighted by Gasteiger charge is -2.33. The van der Waals surface area contributed by atoms with Crippen LogP contribution in [0.4, 0.5) is 0 Å². The van der Waals surface area contributed by atoms with E-state index in [2.05, 4.69) is 11.8 Å². The first-order valence-corrected chi connectivity index (χ1v) is 8.34. The van der Waals surface area contributed by atoms with E-state index in [1.54, 1.807) is 24.3 Å². The summed E-state index contributed by atoms with van der Waals surface area (Å²) in [6.07, 6.45) is 4.81. The van der Waals surface area contributed by atoms with Crippen molar-refractivity contribution in [2.75, 3.05) is 26.3 Å². The summed E-state index contributed by atoms with van der Waals surface area (Å²) in [6.45, 7) is 7.51. The first-order valence-electron chi connectivity index (χ1n) is 8.34. The quantitative estimate of drug-likeness (QED) is 0.571. The van der Waals surface area contributed by atoms with Crippen LogP contribution in [-0.2, 0) is 4.74 Å². The van der Waals surface area contributed by atoms with Crippen molar-refractivity contribution < 1.29 is 14.3 Å². The molecule has 0 N–H and O–H groups in total. The Hall–Kier alpha value is -1.55. The van der Waals surface area contributed by atoms with Crippen molar-refractivity contribution in [2.24, 2.45) is 0 Å². The number of likely N-dealkylation sites (tertiary alicyclic amines) is 1. The molecule has 1 heterocycles. The molecule has 1 aromatic rings. The summed E-state index contributed by atoms with van der Waals surface area (Å²) >= 11 is 0. The molecule has 1 saturated heterocycles. The summed E-state index contributed by atoms with van der Waals surface area (Å²) in [5.74, 6) is 0.521. The van der Waals surface area contributed by atoms with Crippen LogP contribution in [0.25, 0.3) is 0 Å². The van der Waals surface area contributed by atoms with Crippen LogP contribution in [0, 0.1) is 0 Å². The summed E-state index contributed by atoms with van der Waals surface area (Å²) in [5, 5.41) is 0. The van der Waals surface area contributed by atoms with Crippen LogP contribution in [0.1, 0.15) is 49.9 Å². The monoisotopic (exact) mass is 305 g/mol. The predicted molar refractivity (Wildman–Crippen MR) is 87.4 cm³/mol. The molecule has 1 aliphatic rings. The lowest BCUT2D eigenvalue weighted by molar-refractivity contribution is 0.0475. The van der Waals surface area contributed by atoms with Gasteiger partial charge in [-0.15, -0.1) is 0 Å². The molecule has 0 saturated carbocycles. The molecular formula is C18H27NO3. The van der Waals surface area contributed by atoms with Gasteiger partial charge in [0.15, 0.2) is 0 Å². The maximum Gasteiger partial charge on any atom is 0.338 e. The number of rotatable bonds is 7. The summed E-state index contributed by atoms with van der Waals surface area (Å²) in [5.41, 5.74) is 0.579. The van der Waals surface area contributed by atoms with Gasteiger partial charge in [-0.1, -0.05) is 6.42 Å². The van der Waals surface area contributed by atoms with Crippen molar-refractivity contribution in [3.05, 3.63) is 29.8 Å². The molecule has 1 aromatic carbocycles. The average molecular weight is 305 g/mol. The number of carbonyl (C=O) groups is 1. The van der Waals surface area contributed by atoms with Crippen LogP contribution in [-0.4, -0.2) is 43.2 Å². The fraction of sp³-hybridized carbons (Fsp3) is 0.611. The first kappa shape index (κ1) is 16.8. The zero-order chi connectivity index (χ0) is 15.8. The van der Waals surface area contributed by atoms with E-state index in [9.17, 15) is 4.79 Å². The molecule has 1 fully saturated rings. The highest BCUT2D eigenvalue weighted by Gasteiger charge is 2.17. The molecule has 1 atom stereocenters. The largest absolute Gasteiger partial charge is 0.494 e. The van der Waals surface area contributed by atoms with Gasteiger partial charge in [0.1, 0.15) is 5.75 Å². The minimum absolute atomic E-state index is 0.255. The van der Waals surface area contributed by atoms with Crippen LogP contribution in [0.5, 0.6) is 5.75 Å². The summed E-state index contributed by atoms with van der Waals surface area (Å²) in [4.78, 5) is 14.4. The Morgan fingerprint density at radius 3 is 2.73 bits per heavy atom. The second-order valence-corrected chi connectivity index (χ2v) is 5.83. The van der Waals surface area contributed by atoms with Crippen LogP contribution in [0.3, 0.4) is 0 Å². The third-order valence-corrected chi connectivity index (χ3v) is 4.16. The van der Waals surface area contributed by atoms with Gasteiger partial charge in [-0.25, -0.2) is 4.79 Å². The molecule has 0 spiro atoms. The van der Waals surface area contributed by atoms with Gasteiger partial charge in [0.25, 0.3) is 0 Å². The fourth-order valence-corrected chi connectivity index (χ4v) is 2.86. The number of hydrogen-bond acceptors (Lipinski definition) is 4. The SMILES string of the molecule is CCOc1ccc(C(=O)OCCCN2CCCCC2C)cc1. The van der Waals surface area contributed by atoms with Crippen molar-refractivity contribution in [3.63, 3.8) is 0 Å². The van der Waals surface area contributed by atoms with Gasteiger partial charge < -0.3 is 14.4 Å². The van der Waals surface area contributed by atoms with Crippen molar-refractivity contribution in [3.8, 4) is 5.75 Å². The Kier molecular flexibility index (Phi) is 6.72. The zero-order valence-electron chi connectivity index (χ0n) is 13.7. The lowest BCUT2D eigenvalue weighted by Crippen LogP contribution is -2.38. The molecule has 0 aliphatic carbocycles. The molecule has 22 heavy (non-hydrogen) atoms. The van der Waals surface area contributed by atoms with E-state index in [1.165, 1.54) is 25.8 Å². The van der Waals surface area contributed by atoms with Crippen LogP contribution in [0.2, 0.25) is 0 Å². The maximum absolute atomic E-state index is 12.0. The van der Waals surface area contributed by atoms with Gasteiger partial charge in [-0.2, -0.15) is 0 Å². The standard InChI is InChI=1S/C18H27NO3/c1-3-21-17-10-8-16(9-11-17)18(20)22-14-6-13-19-12-5-4-7-15(19)2/h8-11,15H,3-7,12-14H2,1-2H3. The number of esters is 1. The van der Waals surface area contributed by atoms with Crippen LogP contribution < -0.4 is 4.74 Å². The van der Waals surface area contributed by atoms with E-state index >= 15 is 0 Å². The number of piperidine rings is 1. The zero-order valence-corrected chi connectivity index (χ0v) is 13.7. The Bertz CT molecular complexity index is 458. The minimum Gasteiger partial charge on any atom is -0.494 e. The van der Waals surface area contributed by atoms with Crippen molar-refractivity contribution in [1.82, 2.24) is 4.90 Å². The molecule has 0 radical (unpaired) electrons. The lowest BCUT2D eigenvalue weighted by atomic mass is 10.0. The van der Waals surface area contributed by atoms with Gasteiger partial charge >= 0.3 is 5.97 Å². The van der Waals surface area contributed by atoms with Crippen LogP contribution >= 0.6 is 0 Å². The molecule has 4 heteroatoms. The van der Waals surface area contributed by atoms with Gasteiger partial charge in [-0.05, 0) is 63.9 Å². The van der Waals surface area contributed by atoms with E-state index in [4.69, 9.17) is 9.47 Å². The fourth-order valence-electron chi connectivity index (χ4n) is 2.86. The third-order valence-electron chi connectivity index (χ3n) is 4.16. The van der Waals surface area contributed by atoms with E-state index in [1.807, 2.05) is 6.92 Å². The Labute approximate surface area is 133 Å². The Balaban J connectivity index is 1.68. The number of nitrogens with zero attached hydrogens (tertiary/aromatic N) is 1. The third kappa shape index (κ3) is 5.02. The summed E-state index contributed by atoms with van der Waals surface area (Å²) < 4.78 is 10.7. The maximum atomic E-state index is 12.0. The smallest absolute Gasteiger partial charge is 0.338 e. The molecule has 122 valence electrons. The van der Waals surface area contributed by atoms with E-state index in [0.717, 1.165) is 18.7 Å². The summed E-state index contributed by atoms with van der Waals surface area (Å²) in [6, 6.07) is 7.76. The Morgan fingerprint density at radius 1 is 1.27 bits per heavy atom.